The van der Waals surface area contributed by atoms with Crippen LogP contribution in [-0.4, -0.2) is 22.6 Å². The van der Waals surface area contributed by atoms with Gasteiger partial charge in [-0.25, -0.2) is 9.78 Å². The molecule has 1 aromatic carbocycles. The van der Waals surface area contributed by atoms with Gasteiger partial charge in [0.2, 0.25) is 0 Å². The average Bonchev–Trinajstić information content (AvgIpc) is 2.53. The van der Waals surface area contributed by atoms with Crippen LogP contribution in [0, 0.1) is 0 Å². The van der Waals surface area contributed by atoms with Gasteiger partial charge < -0.3 is 10.4 Å². The Morgan fingerprint density at radius 2 is 2.00 bits per heavy atom. The maximum Gasteiger partial charge on any atom is 0.335 e. The summed E-state index contributed by atoms with van der Waals surface area (Å²) in [5, 5.41) is 12.5. The molecule has 22 heavy (non-hydrogen) atoms. The lowest BCUT2D eigenvalue weighted by Crippen LogP contribution is -2.14. The molecular formula is C17H19ClN2O2. The van der Waals surface area contributed by atoms with Crippen molar-refractivity contribution < 1.29 is 9.90 Å². The minimum absolute atomic E-state index is 0. The summed E-state index contributed by atoms with van der Waals surface area (Å²) in [6.07, 6.45) is 3.67. The van der Waals surface area contributed by atoms with E-state index in [1.165, 1.54) is 5.56 Å². The number of nitrogens with zero attached hydrogens (tertiary/aromatic N) is 1. The zero-order chi connectivity index (χ0) is 14.7. The number of pyridine rings is 1. The van der Waals surface area contributed by atoms with E-state index in [1.54, 1.807) is 12.1 Å². The summed E-state index contributed by atoms with van der Waals surface area (Å²) >= 11 is 0. The van der Waals surface area contributed by atoms with Crippen LogP contribution in [0.5, 0.6) is 0 Å². The molecule has 0 fully saturated rings. The van der Waals surface area contributed by atoms with Gasteiger partial charge in [-0.05, 0) is 48.9 Å². The van der Waals surface area contributed by atoms with Gasteiger partial charge in [0.15, 0.2) is 0 Å². The molecular weight excluding hydrogens is 300 g/mol. The summed E-state index contributed by atoms with van der Waals surface area (Å²) in [6.45, 7) is 0.977. The van der Waals surface area contributed by atoms with Gasteiger partial charge in [-0.3, -0.25) is 0 Å². The quantitative estimate of drug-likeness (QED) is 0.907. The van der Waals surface area contributed by atoms with Crippen molar-refractivity contribution in [2.45, 2.75) is 25.7 Å². The van der Waals surface area contributed by atoms with E-state index in [4.69, 9.17) is 0 Å². The van der Waals surface area contributed by atoms with Gasteiger partial charge in [-0.1, -0.05) is 24.3 Å². The number of nitrogens with one attached hydrogen (secondary N) is 1. The van der Waals surface area contributed by atoms with E-state index in [9.17, 15) is 9.90 Å². The van der Waals surface area contributed by atoms with Crippen LogP contribution in [0.15, 0.2) is 36.4 Å². The Hall–Kier alpha value is -2.07. The van der Waals surface area contributed by atoms with E-state index in [-0.39, 0.29) is 12.4 Å². The number of halogens is 1. The zero-order valence-electron chi connectivity index (χ0n) is 12.2. The largest absolute Gasteiger partial charge is 0.478 e. The van der Waals surface area contributed by atoms with Crippen molar-refractivity contribution in [1.29, 1.82) is 0 Å². The van der Waals surface area contributed by atoms with Crippen LogP contribution >= 0.6 is 12.4 Å². The highest BCUT2D eigenvalue weighted by atomic mass is 35.5. The van der Waals surface area contributed by atoms with Gasteiger partial charge >= 0.3 is 5.97 Å². The lowest BCUT2D eigenvalue weighted by Gasteiger charge is -2.17. The van der Waals surface area contributed by atoms with Gasteiger partial charge in [0.1, 0.15) is 5.82 Å². The fourth-order valence-corrected chi connectivity index (χ4v) is 2.72. The number of benzene rings is 1. The third kappa shape index (κ3) is 3.57. The van der Waals surface area contributed by atoms with Crippen LogP contribution in [0.2, 0.25) is 0 Å². The SMILES string of the molecule is Cl.O=C(O)c1ccccc1CCc1ccc2c(n1)NCCC2. The number of aromatic carboxylic acids is 1. The maximum absolute atomic E-state index is 11.2. The van der Waals surface area contributed by atoms with Crippen LogP contribution in [0.1, 0.15) is 33.6 Å². The number of hydrogen-bond acceptors (Lipinski definition) is 3. The molecule has 2 aromatic rings. The minimum atomic E-state index is -0.870. The highest BCUT2D eigenvalue weighted by molar-refractivity contribution is 5.89. The third-order valence-electron chi connectivity index (χ3n) is 3.85. The number of anilines is 1. The number of aromatic nitrogens is 1. The molecule has 1 aliphatic heterocycles. The van der Waals surface area contributed by atoms with Crippen LogP contribution in [0.3, 0.4) is 0 Å². The Balaban J connectivity index is 0.00000176. The molecule has 1 aromatic heterocycles. The monoisotopic (exact) mass is 318 g/mol. The lowest BCUT2D eigenvalue weighted by atomic mass is 10.0. The molecule has 0 spiro atoms. The number of carboxylic acids is 1. The Kier molecular flexibility index (Phi) is 5.39. The van der Waals surface area contributed by atoms with Crippen molar-refractivity contribution in [1.82, 2.24) is 4.98 Å². The molecule has 0 atom stereocenters. The molecule has 4 nitrogen and oxygen atoms in total. The first-order chi connectivity index (χ1) is 10.2. The smallest absolute Gasteiger partial charge is 0.335 e. The van der Waals surface area contributed by atoms with Crippen molar-refractivity contribution in [3.8, 4) is 0 Å². The van der Waals surface area contributed by atoms with E-state index >= 15 is 0 Å². The van der Waals surface area contributed by atoms with Crippen molar-refractivity contribution in [3.63, 3.8) is 0 Å². The van der Waals surface area contributed by atoms with Crippen LogP contribution in [-0.2, 0) is 19.3 Å². The van der Waals surface area contributed by atoms with Gasteiger partial charge in [-0.2, -0.15) is 0 Å². The fourth-order valence-electron chi connectivity index (χ4n) is 2.72. The van der Waals surface area contributed by atoms with Gasteiger partial charge in [0.05, 0.1) is 5.56 Å². The molecule has 0 aliphatic carbocycles. The second kappa shape index (κ2) is 7.27. The molecule has 5 heteroatoms. The number of rotatable bonds is 4. The highest BCUT2D eigenvalue weighted by Crippen LogP contribution is 2.20. The summed E-state index contributed by atoms with van der Waals surface area (Å²) in [4.78, 5) is 15.8. The van der Waals surface area contributed by atoms with E-state index in [1.807, 2.05) is 12.1 Å². The van der Waals surface area contributed by atoms with Crippen LogP contribution < -0.4 is 5.32 Å². The predicted molar refractivity (Wildman–Crippen MR) is 89.1 cm³/mol. The summed E-state index contributed by atoms with van der Waals surface area (Å²) < 4.78 is 0. The Morgan fingerprint density at radius 1 is 1.18 bits per heavy atom. The molecule has 2 heterocycles. The number of carboxylic acid groups (broad SMARTS) is 1. The fraction of sp³-hybridized carbons (Fsp3) is 0.294. The van der Waals surface area contributed by atoms with Crippen LogP contribution in [0.4, 0.5) is 5.82 Å². The first kappa shape index (κ1) is 16.3. The molecule has 0 radical (unpaired) electrons. The van der Waals surface area contributed by atoms with E-state index in [0.717, 1.165) is 42.9 Å². The van der Waals surface area contributed by atoms with Crippen molar-refractivity contribution >= 4 is 24.2 Å². The minimum Gasteiger partial charge on any atom is -0.478 e. The molecule has 0 unspecified atom stereocenters. The third-order valence-corrected chi connectivity index (χ3v) is 3.85. The van der Waals surface area contributed by atoms with Crippen LogP contribution in [0.25, 0.3) is 0 Å². The Labute approximate surface area is 136 Å². The van der Waals surface area contributed by atoms with Gasteiger partial charge in [0.25, 0.3) is 0 Å². The van der Waals surface area contributed by atoms with Crippen molar-refractivity contribution in [2.75, 3.05) is 11.9 Å². The van der Waals surface area contributed by atoms with E-state index < -0.39 is 5.97 Å². The zero-order valence-corrected chi connectivity index (χ0v) is 13.0. The summed E-state index contributed by atoms with van der Waals surface area (Å²) in [6, 6.07) is 11.3. The van der Waals surface area contributed by atoms with E-state index in [2.05, 4.69) is 22.4 Å². The number of hydrogen-bond donors (Lipinski definition) is 2. The second-order valence-electron chi connectivity index (χ2n) is 5.30. The first-order valence-corrected chi connectivity index (χ1v) is 7.28. The molecule has 3 rings (SSSR count). The number of fused-ring (bicyclic) bond motifs is 1. The summed E-state index contributed by atoms with van der Waals surface area (Å²) in [7, 11) is 0. The standard InChI is InChI=1S/C17H18N2O2.ClH/c20-17(21)15-6-2-1-4-12(15)7-9-14-10-8-13-5-3-11-18-16(13)19-14;/h1-2,4,6,8,10H,3,5,7,9,11H2,(H,18,19)(H,20,21);1H. The Morgan fingerprint density at radius 3 is 2.82 bits per heavy atom. The van der Waals surface area contributed by atoms with Gasteiger partial charge in [0, 0.05) is 12.2 Å². The van der Waals surface area contributed by atoms with Crippen molar-refractivity contribution in [3.05, 3.63) is 58.8 Å². The van der Waals surface area contributed by atoms with Crippen molar-refractivity contribution in [2.24, 2.45) is 0 Å². The van der Waals surface area contributed by atoms with E-state index in [0.29, 0.717) is 12.0 Å². The normalized spacial score (nSPS) is 12.7. The molecule has 1 aliphatic rings. The first-order valence-electron chi connectivity index (χ1n) is 7.28. The molecule has 2 N–H and O–H groups in total. The lowest BCUT2D eigenvalue weighted by molar-refractivity contribution is 0.0695. The highest BCUT2D eigenvalue weighted by Gasteiger charge is 2.12. The summed E-state index contributed by atoms with van der Waals surface area (Å²) in [5.74, 6) is 0.121. The maximum atomic E-state index is 11.2. The Bertz CT molecular complexity index is 673. The average molecular weight is 319 g/mol. The molecule has 0 saturated carbocycles. The van der Waals surface area contributed by atoms with Gasteiger partial charge in [-0.15, -0.1) is 12.4 Å². The summed E-state index contributed by atoms with van der Waals surface area (Å²) in [5.41, 5.74) is 3.52. The molecule has 0 amide bonds. The number of aryl methyl sites for hydroxylation is 3. The number of carbonyl (C=O) groups is 1. The second-order valence-corrected chi connectivity index (χ2v) is 5.30. The topological polar surface area (TPSA) is 62.2 Å². The molecule has 0 bridgehead atoms. The molecule has 116 valence electrons. The molecule has 0 saturated heterocycles. The predicted octanol–water partition coefficient (Wildman–Crippen LogP) is 3.34.